The number of hydrogen-bond donors (Lipinski definition) is 2. The summed E-state index contributed by atoms with van der Waals surface area (Å²) in [6.45, 7) is 9.39. The summed E-state index contributed by atoms with van der Waals surface area (Å²) >= 11 is 5.77. The van der Waals surface area contributed by atoms with Crippen molar-refractivity contribution in [1.82, 2.24) is 20.2 Å². The van der Waals surface area contributed by atoms with Gasteiger partial charge in [0.2, 0.25) is 11.0 Å². The van der Waals surface area contributed by atoms with Gasteiger partial charge in [-0.1, -0.05) is 29.2 Å². The third kappa shape index (κ3) is 4.83. The van der Waals surface area contributed by atoms with Crippen molar-refractivity contribution in [3.05, 3.63) is 39.3 Å². The van der Waals surface area contributed by atoms with Gasteiger partial charge >= 0.3 is 0 Å². The molecule has 28 heavy (non-hydrogen) atoms. The minimum atomic E-state index is -0.332. The number of carbonyl (C=O) groups excluding carboxylic acids is 1. The van der Waals surface area contributed by atoms with Gasteiger partial charge in [-0.2, -0.15) is 0 Å². The Kier molecular flexibility index (Phi) is 6.91. The van der Waals surface area contributed by atoms with Crippen LogP contribution in [-0.4, -0.2) is 37.1 Å². The van der Waals surface area contributed by atoms with Gasteiger partial charge in [0.25, 0.3) is 5.56 Å². The molecule has 2 N–H and O–H groups in total. The van der Waals surface area contributed by atoms with Crippen LogP contribution >= 0.6 is 46.2 Å². The molecule has 0 bridgehead atoms. The fraction of sp³-hybridized carbons (Fsp3) is 0.353. The second-order valence-electron chi connectivity index (χ2n) is 5.89. The quantitative estimate of drug-likeness (QED) is 0.302. The molecule has 0 aliphatic heterocycles. The molecule has 0 saturated heterocycles. The average molecular weight is 454 g/mol. The number of fused-ring (bicyclic) bond motifs is 1. The first-order chi connectivity index (χ1) is 13.4. The van der Waals surface area contributed by atoms with Crippen molar-refractivity contribution in [1.29, 1.82) is 0 Å². The largest absolute Gasteiger partial charge is 0.309 e. The molecule has 3 aromatic rings. The van der Waals surface area contributed by atoms with E-state index in [1.54, 1.807) is 6.08 Å². The zero-order chi connectivity index (χ0) is 20.3. The van der Waals surface area contributed by atoms with E-state index in [4.69, 9.17) is 0 Å². The summed E-state index contributed by atoms with van der Waals surface area (Å²) in [5.41, 5.74) is 0.848. The predicted molar refractivity (Wildman–Crippen MR) is 120 cm³/mol. The molecule has 0 aliphatic carbocycles. The number of anilines is 1. The maximum atomic E-state index is 12.4. The standard InChI is InChI=1S/C17H19N5O2S4/c1-5-6-25-17-22-21-16(28-17)20-13(23)10(4)26-7-11-18-14(24)12-8(2)9(3)27-15(12)19-11/h5,10H,1,6-7H2,2-4H3,(H,18,19,24)(H,20,21,23). The smallest absolute Gasteiger partial charge is 0.259 e. The Bertz CT molecular complexity index is 1070. The lowest BCUT2D eigenvalue weighted by Gasteiger charge is -2.09. The van der Waals surface area contributed by atoms with Crippen molar-refractivity contribution in [3.63, 3.8) is 0 Å². The Morgan fingerprint density at radius 2 is 2.14 bits per heavy atom. The minimum absolute atomic E-state index is 0.127. The van der Waals surface area contributed by atoms with E-state index in [1.807, 2.05) is 20.8 Å². The van der Waals surface area contributed by atoms with Crippen molar-refractivity contribution < 1.29 is 4.79 Å². The van der Waals surface area contributed by atoms with Crippen molar-refractivity contribution in [2.45, 2.75) is 36.1 Å². The minimum Gasteiger partial charge on any atom is -0.309 e. The van der Waals surface area contributed by atoms with Crippen LogP contribution in [0.2, 0.25) is 0 Å². The predicted octanol–water partition coefficient (Wildman–Crippen LogP) is 3.99. The Balaban J connectivity index is 1.60. The number of aromatic nitrogens is 4. The van der Waals surface area contributed by atoms with Crippen molar-refractivity contribution >= 4 is 67.5 Å². The number of aryl methyl sites for hydroxylation is 2. The molecule has 0 radical (unpaired) electrons. The van der Waals surface area contributed by atoms with Crippen molar-refractivity contribution in [2.24, 2.45) is 0 Å². The Morgan fingerprint density at radius 3 is 2.89 bits per heavy atom. The van der Waals surface area contributed by atoms with Crippen LogP contribution in [0.4, 0.5) is 5.13 Å². The molecule has 148 valence electrons. The molecule has 3 heterocycles. The molecule has 0 aliphatic rings. The number of hydrogen-bond acceptors (Lipinski definition) is 9. The van der Waals surface area contributed by atoms with E-state index in [9.17, 15) is 9.59 Å². The summed E-state index contributed by atoms with van der Waals surface area (Å²) < 4.78 is 0.784. The topological polar surface area (TPSA) is 101 Å². The molecule has 0 aromatic carbocycles. The van der Waals surface area contributed by atoms with Gasteiger partial charge in [-0.05, 0) is 26.3 Å². The molecule has 1 amide bonds. The Labute approximate surface area is 178 Å². The third-order valence-electron chi connectivity index (χ3n) is 3.89. The van der Waals surface area contributed by atoms with Crippen molar-refractivity contribution in [3.8, 4) is 0 Å². The highest BCUT2D eigenvalue weighted by Gasteiger charge is 2.18. The van der Waals surface area contributed by atoms with E-state index >= 15 is 0 Å². The molecular weight excluding hydrogens is 434 g/mol. The summed E-state index contributed by atoms with van der Waals surface area (Å²) in [4.78, 5) is 33.9. The summed E-state index contributed by atoms with van der Waals surface area (Å²) in [5.74, 6) is 1.59. The highest BCUT2D eigenvalue weighted by atomic mass is 32.2. The fourth-order valence-corrected chi connectivity index (χ4v) is 5.62. The molecule has 0 fully saturated rings. The lowest BCUT2D eigenvalue weighted by atomic mass is 10.2. The summed E-state index contributed by atoms with van der Waals surface area (Å²) in [5, 5.41) is 11.6. The Hall–Kier alpha value is -1.69. The second-order valence-corrected chi connectivity index (χ2v) is 10.7. The molecular formula is C17H19N5O2S4. The van der Waals surface area contributed by atoms with Crippen LogP contribution in [0.1, 0.15) is 23.2 Å². The van der Waals surface area contributed by atoms with Crippen LogP contribution in [0.3, 0.4) is 0 Å². The average Bonchev–Trinajstić information content (AvgIpc) is 3.22. The normalized spacial score (nSPS) is 12.2. The molecule has 3 rings (SSSR count). The highest BCUT2D eigenvalue weighted by molar-refractivity contribution is 8.01. The number of H-pyrrole nitrogens is 1. The van der Waals surface area contributed by atoms with Crippen LogP contribution < -0.4 is 10.9 Å². The number of rotatable bonds is 8. The van der Waals surface area contributed by atoms with Gasteiger partial charge in [0, 0.05) is 10.6 Å². The lowest BCUT2D eigenvalue weighted by Crippen LogP contribution is -2.23. The number of carbonyl (C=O) groups is 1. The molecule has 0 saturated carbocycles. The number of aromatic amines is 1. The first-order valence-corrected chi connectivity index (χ1v) is 12.0. The number of nitrogens with zero attached hydrogens (tertiary/aromatic N) is 3. The van der Waals surface area contributed by atoms with E-state index in [2.05, 4.69) is 32.1 Å². The first-order valence-electron chi connectivity index (χ1n) is 8.37. The molecule has 1 unspecified atom stereocenters. The van der Waals surface area contributed by atoms with E-state index in [-0.39, 0.29) is 16.7 Å². The van der Waals surface area contributed by atoms with Gasteiger partial charge in [0.15, 0.2) is 4.34 Å². The molecule has 7 nitrogen and oxygen atoms in total. The van der Waals surface area contributed by atoms with E-state index in [1.165, 1.54) is 46.2 Å². The summed E-state index contributed by atoms with van der Waals surface area (Å²) in [6.07, 6.45) is 1.79. The SMILES string of the molecule is C=CCSc1nnc(NC(=O)C(C)SCc2nc3sc(C)c(C)c3c(=O)[nH]2)s1. The van der Waals surface area contributed by atoms with Crippen LogP contribution in [0.5, 0.6) is 0 Å². The zero-order valence-corrected chi connectivity index (χ0v) is 18.8. The number of thioether (sulfide) groups is 2. The van der Waals surface area contributed by atoms with Gasteiger partial charge in [0.05, 0.1) is 16.4 Å². The molecule has 11 heteroatoms. The maximum Gasteiger partial charge on any atom is 0.259 e. The van der Waals surface area contributed by atoms with Crippen LogP contribution in [0, 0.1) is 13.8 Å². The van der Waals surface area contributed by atoms with E-state index in [0.717, 1.165) is 25.4 Å². The zero-order valence-electron chi connectivity index (χ0n) is 15.6. The summed E-state index contributed by atoms with van der Waals surface area (Å²) in [7, 11) is 0. The molecule has 3 aromatic heterocycles. The van der Waals surface area contributed by atoms with E-state index < -0.39 is 0 Å². The number of amides is 1. The van der Waals surface area contributed by atoms with Gasteiger partial charge in [0.1, 0.15) is 10.7 Å². The van der Waals surface area contributed by atoms with Gasteiger partial charge in [-0.25, -0.2) is 4.98 Å². The number of thiophene rings is 1. The van der Waals surface area contributed by atoms with Gasteiger partial charge < -0.3 is 4.98 Å². The van der Waals surface area contributed by atoms with Crippen LogP contribution in [-0.2, 0) is 10.5 Å². The van der Waals surface area contributed by atoms with Crippen LogP contribution in [0.25, 0.3) is 10.2 Å². The van der Waals surface area contributed by atoms with Gasteiger partial charge in [-0.15, -0.1) is 39.9 Å². The Morgan fingerprint density at radius 1 is 1.36 bits per heavy atom. The maximum absolute atomic E-state index is 12.4. The van der Waals surface area contributed by atoms with Crippen LogP contribution in [0.15, 0.2) is 21.8 Å². The third-order valence-corrected chi connectivity index (χ3v) is 8.11. The van der Waals surface area contributed by atoms with Gasteiger partial charge in [-0.3, -0.25) is 14.9 Å². The summed E-state index contributed by atoms with van der Waals surface area (Å²) in [6, 6.07) is 0. The number of nitrogens with one attached hydrogen (secondary N) is 2. The lowest BCUT2D eigenvalue weighted by molar-refractivity contribution is -0.115. The molecule has 1 atom stereocenters. The molecule has 0 spiro atoms. The van der Waals surface area contributed by atoms with Crippen molar-refractivity contribution in [2.75, 3.05) is 11.1 Å². The highest BCUT2D eigenvalue weighted by Crippen LogP contribution is 2.28. The second kappa shape index (κ2) is 9.21. The van der Waals surface area contributed by atoms with E-state index in [0.29, 0.717) is 22.1 Å². The first kappa shape index (κ1) is 21.0. The fourth-order valence-electron chi connectivity index (χ4n) is 2.30. The monoisotopic (exact) mass is 453 g/mol.